The predicted molar refractivity (Wildman–Crippen MR) is 105 cm³/mol. The molecule has 1 aromatic heterocycles. The lowest BCUT2D eigenvalue weighted by atomic mass is 10.2. The zero-order chi connectivity index (χ0) is 16.4. The van der Waals surface area contributed by atoms with Gasteiger partial charge in [-0.3, -0.25) is 4.79 Å². The van der Waals surface area contributed by atoms with Crippen molar-refractivity contribution in [2.24, 2.45) is 4.99 Å². The lowest BCUT2D eigenvalue weighted by Crippen LogP contribution is -2.41. The van der Waals surface area contributed by atoms with E-state index in [0.29, 0.717) is 25.7 Å². The summed E-state index contributed by atoms with van der Waals surface area (Å²) < 4.78 is 5.01. The minimum atomic E-state index is -0.0409. The molecule has 1 heterocycles. The summed E-state index contributed by atoms with van der Waals surface area (Å²) in [7, 11) is 5.08. The van der Waals surface area contributed by atoms with Gasteiger partial charge in [0.05, 0.1) is 11.6 Å². The van der Waals surface area contributed by atoms with Crippen molar-refractivity contribution in [1.82, 2.24) is 20.5 Å². The number of hydrogen-bond acceptors (Lipinski definition) is 5. The Morgan fingerprint density at radius 3 is 2.78 bits per heavy atom. The van der Waals surface area contributed by atoms with Gasteiger partial charge in [0.2, 0.25) is 5.91 Å². The van der Waals surface area contributed by atoms with Gasteiger partial charge in [0.25, 0.3) is 0 Å². The van der Waals surface area contributed by atoms with Crippen LogP contribution in [0.3, 0.4) is 0 Å². The van der Waals surface area contributed by atoms with Crippen molar-refractivity contribution in [3.63, 3.8) is 0 Å². The highest BCUT2D eigenvalue weighted by Gasteiger charge is 2.10. The Kier molecular flexibility index (Phi) is 12.0. The lowest BCUT2D eigenvalue weighted by molar-refractivity contribution is -0.127. The predicted octanol–water partition coefficient (Wildman–Crippen LogP) is 1.13. The van der Waals surface area contributed by atoms with Crippen LogP contribution in [-0.2, 0) is 9.53 Å². The molecule has 0 bridgehead atoms. The van der Waals surface area contributed by atoms with Gasteiger partial charge in [0.1, 0.15) is 6.54 Å². The van der Waals surface area contributed by atoms with Gasteiger partial charge in [-0.2, -0.15) is 0 Å². The molecular formula is C14H26IN5O2S. The van der Waals surface area contributed by atoms with E-state index in [2.05, 4.69) is 27.5 Å². The van der Waals surface area contributed by atoms with Gasteiger partial charge in [-0.25, -0.2) is 9.98 Å². The average Bonchev–Trinajstić information content (AvgIpc) is 3.03. The number of halogens is 1. The second-order valence-electron chi connectivity index (χ2n) is 5.02. The maximum Gasteiger partial charge on any atom is 0.243 e. The maximum atomic E-state index is 11.6. The Hall–Kier alpha value is -0.940. The van der Waals surface area contributed by atoms with Crippen LogP contribution >= 0.6 is 35.3 Å². The Morgan fingerprint density at radius 1 is 1.48 bits per heavy atom. The Bertz CT molecular complexity index is 468. The number of methoxy groups -OCH3 is 1. The normalized spacial score (nSPS) is 12.3. The number of rotatable bonds is 8. The Morgan fingerprint density at radius 2 is 2.22 bits per heavy atom. The van der Waals surface area contributed by atoms with Gasteiger partial charge in [-0.1, -0.05) is 6.92 Å². The van der Waals surface area contributed by atoms with Crippen molar-refractivity contribution in [2.45, 2.75) is 12.8 Å². The van der Waals surface area contributed by atoms with Crippen LogP contribution in [0.1, 0.15) is 17.8 Å². The minimum Gasteiger partial charge on any atom is -0.383 e. The molecule has 1 rings (SSSR count). The monoisotopic (exact) mass is 455 g/mol. The van der Waals surface area contributed by atoms with Crippen molar-refractivity contribution >= 4 is 47.2 Å². The van der Waals surface area contributed by atoms with E-state index in [-0.39, 0.29) is 42.3 Å². The molecule has 0 aromatic carbocycles. The number of thiazole rings is 1. The number of nitrogens with one attached hydrogen (secondary N) is 2. The summed E-state index contributed by atoms with van der Waals surface area (Å²) in [5.74, 6) is 0.843. The van der Waals surface area contributed by atoms with E-state index in [1.54, 1.807) is 38.7 Å². The van der Waals surface area contributed by atoms with E-state index in [4.69, 9.17) is 4.74 Å². The molecule has 0 fully saturated rings. The first-order valence-corrected chi connectivity index (χ1v) is 8.03. The first-order chi connectivity index (χ1) is 10.5. The highest BCUT2D eigenvalue weighted by atomic mass is 127. The fourth-order valence-corrected chi connectivity index (χ4v) is 2.25. The third-order valence-electron chi connectivity index (χ3n) is 2.92. The van der Waals surface area contributed by atoms with Crippen LogP contribution in [0, 0.1) is 0 Å². The number of amides is 1. The summed E-state index contributed by atoms with van der Waals surface area (Å²) in [6.07, 6.45) is 1.80. The van der Waals surface area contributed by atoms with Crippen LogP contribution in [0.2, 0.25) is 0 Å². The molecule has 1 atom stereocenters. The molecule has 0 radical (unpaired) electrons. The smallest absolute Gasteiger partial charge is 0.243 e. The molecule has 0 aliphatic heterocycles. The molecular weight excluding hydrogens is 429 g/mol. The number of nitrogens with zero attached hydrogens (tertiary/aromatic N) is 3. The van der Waals surface area contributed by atoms with Crippen LogP contribution in [-0.4, -0.2) is 69.2 Å². The maximum absolute atomic E-state index is 11.6. The molecule has 9 heteroatoms. The zero-order valence-corrected chi connectivity index (χ0v) is 17.2. The number of aliphatic imine (C=N–C) groups is 1. The summed E-state index contributed by atoms with van der Waals surface area (Å²) >= 11 is 1.63. The number of ether oxygens (including phenoxy) is 1. The van der Waals surface area contributed by atoms with E-state index < -0.39 is 0 Å². The average molecular weight is 455 g/mol. The fraction of sp³-hybridized carbons (Fsp3) is 0.643. The first kappa shape index (κ1) is 22.1. The van der Waals surface area contributed by atoms with E-state index in [1.165, 1.54) is 4.90 Å². The summed E-state index contributed by atoms with van der Waals surface area (Å²) in [6, 6.07) is 0. The number of carbonyl (C=O) groups excluding carboxylic acids is 1. The number of carbonyl (C=O) groups is 1. The van der Waals surface area contributed by atoms with Crippen LogP contribution in [0.5, 0.6) is 0 Å². The molecule has 0 spiro atoms. The second-order valence-corrected chi connectivity index (χ2v) is 5.95. The van der Waals surface area contributed by atoms with E-state index >= 15 is 0 Å². The molecule has 0 saturated heterocycles. The number of hydrogen-bond donors (Lipinski definition) is 2. The van der Waals surface area contributed by atoms with Crippen molar-refractivity contribution in [3.8, 4) is 0 Å². The van der Waals surface area contributed by atoms with Gasteiger partial charge < -0.3 is 20.3 Å². The molecule has 0 aliphatic rings. The molecule has 0 saturated carbocycles. The number of guanidine groups is 1. The van der Waals surface area contributed by atoms with Gasteiger partial charge in [0.15, 0.2) is 5.96 Å². The zero-order valence-electron chi connectivity index (χ0n) is 14.0. The van der Waals surface area contributed by atoms with Crippen LogP contribution in [0.4, 0.5) is 0 Å². The highest BCUT2D eigenvalue weighted by molar-refractivity contribution is 14.0. The van der Waals surface area contributed by atoms with E-state index in [0.717, 1.165) is 5.01 Å². The molecule has 2 N–H and O–H groups in total. The molecule has 23 heavy (non-hydrogen) atoms. The molecule has 1 amide bonds. The topological polar surface area (TPSA) is 78.8 Å². The van der Waals surface area contributed by atoms with Crippen molar-refractivity contribution in [1.29, 1.82) is 0 Å². The van der Waals surface area contributed by atoms with Gasteiger partial charge in [-0.05, 0) is 0 Å². The standard InChI is InChI=1S/C14H25N5O2S.HI/c1-11(13-15-6-8-22-13)9-17-14(16-5-7-21-4)18-10-12(20)19(2)3;/h6,8,11H,5,7,9-10H2,1-4H3,(H2,16,17,18);1H. The second kappa shape index (κ2) is 12.5. The van der Waals surface area contributed by atoms with Crippen molar-refractivity contribution in [2.75, 3.05) is 47.4 Å². The molecule has 1 unspecified atom stereocenters. The molecule has 1 aromatic rings. The van der Waals surface area contributed by atoms with Crippen LogP contribution in [0.15, 0.2) is 16.6 Å². The quantitative estimate of drug-likeness (QED) is 0.266. The number of aromatic nitrogens is 1. The first-order valence-electron chi connectivity index (χ1n) is 7.15. The SMILES string of the molecule is COCCNC(=NCC(=O)N(C)C)NCC(C)c1nccs1.I. The Labute approximate surface area is 158 Å². The molecule has 7 nitrogen and oxygen atoms in total. The summed E-state index contributed by atoms with van der Waals surface area (Å²) in [6.45, 7) is 4.11. The van der Waals surface area contributed by atoms with E-state index in [9.17, 15) is 4.79 Å². The molecule has 132 valence electrons. The third kappa shape index (κ3) is 9.06. The van der Waals surface area contributed by atoms with Gasteiger partial charge in [0, 0.05) is 51.8 Å². The van der Waals surface area contributed by atoms with Crippen LogP contribution < -0.4 is 10.6 Å². The highest BCUT2D eigenvalue weighted by Crippen LogP contribution is 2.16. The fourth-order valence-electron chi connectivity index (χ4n) is 1.55. The third-order valence-corrected chi connectivity index (χ3v) is 3.93. The van der Waals surface area contributed by atoms with E-state index in [1.807, 2.05) is 5.38 Å². The molecule has 0 aliphatic carbocycles. The number of likely N-dealkylation sites (N-methyl/N-ethyl adjacent to an activating group) is 1. The summed E-state index contributed by atoms with van der Waals surface area (Å²) in [5.41, 5.74) is 0. The summed E-state index contributed by atoms with van der Waals surface area (Å²) in [4.78, 5) is 21.8. The van der Waals surface area contributed by atoms with Crippen LogP contribution in [0.25, 0.3) is 0 Å². The summed E-state index contributed by atoms with van der Waals surface area (Å²) in [5, 5.41) is 9.42. The van der Waals surface area contributed by atoms with Gasteiger partial charge >= 0.3 is 0 Å². The van der Waals surface area contributed by atoms with Crippen molar-refractivity contribution < 1.29 is 9.53 Å². The van der Waals surface area contributed by atoms with Gasteiger partial charge in [-0.15, -0.1) is 35.3 Å². The minimum absolute atomic E-state index is 0. The lowest BCUT2D eigenvalue weighted by Gasteiger charge is -2.15. The van der Waals surface area contributed by atoms with Crippen molar-refractivity contribution in [3.05, 3.63) is 16.6 Å². The largest absolute Gasteiger partial charge is 0.383 e. The Balaban J connectivity index is 0.00000484.